The summed E-state index contributed by atoms with van der Waals surface area (Å²) in [6.07, 6.45) is 1.67. The Morgan fingerprint density at radius 3 is 1.86 bits per heavy atom. The second-order valence-corrected chi connectivity index (χ2v) is 11.1. The van der Waals surface area contributed by atoms with E-state index in [1.807, 2.05) is 11.8 Å². The molecule has 2 aromatic rings. The number of halogens is 2. The van der Waals surface area contributed by atoms with Crippen molar-refractivity contribution in [2.24, 2.45) is 0 Å². The number of anilines is 4. The molecule has 1 saturated heterocycles. The number of nitrogens with zero attached hydrogens (tertiary/aromatic N) is 2. The molecule has 0 bridgehead atoms. The molecule has 2 aromatic carbocycles. The fraction of sp³-hybridized carbons (Fsp3) is 0.462. The molecule has 1 fully saturated rings. The molecule has 2 atom stereocenters. The van der Waals surface area contributed by atoms with Crippen LogP contribution in [0.5, 0.6) is 0 Å². The third-order valence-corrected chi connectivity index (χ3v) is 7.76. The maximum atomic E-state index is 14.0. The second kappa shape index (κ2) is 14.1. The first kappa shape index (κ1) is 29.4. The summed E-state index contributed by atoms with van der Waals surface area (Å²) in [5, 5.41) is 6.62. The quantitative estimate of drug-likeness (QED) is 0.292. The average Bonchev–Trinajstić information content (AvgIpc) is 2.86. The van der Waals surface area contributed by atoms with Gasteiger partial charge in [-0.3, -0.25) is 19.4 Å². The number of nitrogens with one attached hydrogen (secondary N) is 2. The number of thioether (sulfide) groups is 1. The first-order valence-electron chi connectivity index (χ1n) is 12.5. The minimum absolute atomic E-state index is 0.292. The minimum atomic E-state index is -0.760. The Labute approximate surface area is 233 Å². The molecule has 1 aliphatic rings. The third kappa shape index (κ3) is 7.91. The van der Waals surface area contributed by atoms with Gasteiger partial charge >= 0.3 is 0 Å². The largest absolute Gasteiger partial charge is 0.399 e. The highest BCUT2D eigenvalue weighted by Gasteiger charge is 2.42. The smallest absolute Gasteiger partial charge is 0.243 e. The van der Waals surface area contributed by atoms with Gasteiger partial charge in [-0.25, -0.2) is 0 Å². The van der Waals surface area contributed by atoms with Crippen LogP contribution in [0.1, 0.15) is 26.7 Å². The summed E-state index contributed by atoms with van der Waals surface area (Å²) in [5.74, 6) is 1.17. The zero-order valence-corrected chi connectivity index (χ0v) is 23.6. The van der Waals surface area contributed by atoms with E-state index in [1.165, 1.54) is 0 Å². The first-order chi connectivity index (χ1) is 17.7. The standard InChI is InChI=1S/C26H36Cl2N6O2S/c1-3-9-33(10-4-2)23(25(35)31-21-7-5-17(29)15-19(21)27)24(34-11-13-37-14-12-34)26(36)32-22-8-6-18(30)16-20(22)28/h5-8,15-16,23-24H,3-4,9-14,29-30H2,1-2H3,(H,31,35)(H,32,36). The Hall–Kier alpha value is -2.17. The van der Waals surface area contributed by atoms with Crippen LogP contribution in [0.4, 0.5) is 22.7 Å². The average molecular weight is 568 g/mol. The van der Waals surface area contributed by atoms with Gasteiger partial charge in [0.2, 0.25) is 11.8 Å². The molecule has 0 radical (unpaired) electrons. The van der Waals surface area contributed by atoms with Crippen LogP contribution >= 0.6 is 35.0 Å². The summed E-state index contributed by atoms with van der Waals surface area (Å²) >= 11 is 14.6. The molecule has 1 aliphatic heterocycles. The summed E-state index contributed by atoms with van der Waals surface area (Å²) in [7, 11) is 0. The van der Waals surface area contributed by atoms with E-state index in [4.69, 9.17) is 34.7 Å². The van der Waals surface area contributed by atoms with E-state index in [2.05, 4.69) is 34.3 Å². The van der Waals surface area contributed by atoms with E-state index in [9.17, 15) is 9.59 Å². The molecule has 0 spiro atoms. The number of hydrogen-bond donors (Lipinski definition) is 4. The molecule has 2 amide bonds. The summed E-state index contributed by atoms with van der Waals surface area (Å²) in [4.78, 5) is 32.2. The number of rotatable bonds is 11. The van der Waals surface area contributed by atoms with Gasteiger partial charge in [0.25, 0.3) is 0 Å². The maximum absolute atomic E-state index is 14.0. The van der Waals surface area contributed by atoms with Crippen molar-refractivity contribution in [3.63, 3.8) is 0 Å². The van der Waals surface area contributed by atoms with Crippen LogP contribution in [-0.2, 0) is 9.59 Å². The molecular weight excluding hydrogens is 531 g/mol. The van der Waals surface area contributed by atoms with Gasteiger partial charge in [0, 0.05) is 36.0 Å². The number of benzene rings is 2. The van der Waals surface area contributed by atoms with Crippen LogP contribution in [-0.4, -0.2) is 71.4 Å². The number of carbonyl (C=O) groups is 2. The Kier molecular flexibility index (Phi) is 11.2. The van der Waals surface area contributed by atoms with Crippen molar-refractivity contribution in [2.45, 2.75) is 38.8 Å². The Morgan fingerprint density at radius 2 is 1.41 bits per heavy atom. The summed E-state index contributed by atoms with van der Waals surface area (Å²) in [6, 6.07) is 8.40. The predicted octanol–water partition coefficient (Wildman–Crippen LogP) is 4.64. The molecule has 0 aromatic heterocycles. The van der Waals surface area contributed by atoms with E-state index in [1.54, 1.807) is 36.4 Å². The SMILES string of the molecule is CCCN(CCC)C(C(=O)Nc1ccc(N)cc1Cl)C(C(=O)Nc1ccc(N)cc1Cl)N1CCSCC1. The molecule has 11 heteroatoms. The van der Waals surface area contributed by atoms with Gasteiger partial charge in [-0.15, -0.1) is 0 Å². The molecule has 37 heavy (non-hydrogen) atoms. The molecule has 3 rings (SSSR count). The van der Waals surface area contributed by atoms with Crippen LogP contribution in [0.15, 0.2) is 36.4 Å². The molecule has 6 N–H and O–H groups in total. The van der Waals surface area contributed by atoms with Crippen LogP contribution < -0.4 is 22.1 Å². The van der Waals surface area contributed by atoms with E-state index in [0.29, 0.717) is 59.0 Å². The number of nitrogen functional groups attached to an aromatic ring is 2. The van der Waals surface area contributed by atoms with Crippen molar-refractivity contribution >= 4 is 69.5 Å². The topological polar surface area (TPSA) is 117 Å². The molecule has 2 unspecified atom stereocenters. The van der Waals surface area contributed by atoms with Gasteiger partial charge in [0.15, 0.2) is 0 Å². The Bertz CT molecular complexity index is 1080. The van der Waals surface area contributed by atoms with Gasteiger partial charge in [-0.1, -0.05) is 37.0 Å². The van der Waals surface area contributed by atoms with Crippen molar-refractivity contribution in [3.8, 4) is 0 Å². The Balaban J connectivity index is 2.02. The van der Waals surface area contributed by atoms with Gasteiger partial charge < -0.3 is 22.1 Å². The van der Waals surface area contributed by atoms with Crippen LogP contribution in [0, 0.1) is 0 Å². The van der Waals surface area contributed by atoms with Crippen molar-refractivity contribution in [2.75, 3.05) is 59.8 Å². The van der Waals surface area contributed by atoms with E-state index < -0.39 is 12.1 Å². The maximum Gasteiger partial charge on any atom is 0.243 e. The lowest BCUT2D eigenvalue weighted by molar-refractivity contribution is -0.132. The number of carbonyl (C=O) groups excluding carboxylic acids is 2. The van der Waals surface area contributed by atoms with Crippen molar-refractivity contribution in [1.82, 2.24) is 9.80 Å². The van der Waals surface area contributed by atoms with Crippen LogP contribution in [0.3, 0.4) is 0 Å². The molecule has 202 valence electrons. The third-order valence-electron chi connectivity index (χ3n) is 6.19. The Morgan fingerprint density at radius 1 is 0.919 bits per heavy atom. The van der Waals surface area contributed by atoms with E-state index in [-0.39, 0.29) is 11.8 Å². The van der Waals surface area contributed by atoms with Gasteiger partial charge in [-0.2, -0.15) is 11.8 Å². The lowest BCUT2D eigenvalue weighted by atomic mass is 10.0. The molecule has 0 saturated carbocycles. The minimum Gasteiger partial charge on any atom is -0.399 e. The monoisotopic (exact) mass is 566 g/mol. The fourth-order valence-electron chi connectivity index (χ4n) is 4.52. The zero-order valence-electron chi connectivity index (χ0n) is 21.3. The summed E-state index contributed by atoms with van der Waals surface area (Å²) in [5.41, 5.74) is 13.6. The van der Waals surface area contributed by atoms with Crippen molar-refractivity contribution in [3.05, 3.63) is 46.4 Å². The lowest BCUT2D eigenvalue weighted by Gasteiger charge is -2.42. The van der Waals surface area contributed by atoms with Gasteiger partial charge in [0.05, 0.1) is 21.4 Å². The molecule has 8 nitrogen and oxygen atoms in total. The fourth-order valence-corrected chi connectivity index (χ4v) is 5.92. The normalized spacial score (nSPS) is 15.8. The lowest BCUT2D eigenvalue weighted by Crippen LogP contribution is -2.63. The summed E-state index contributed by atoms with van der Waals surface area (Å²) in [6.45, 7) is 6.84. The van der Waals surface area contributed by atoms with E-state index >= 15 is 0 Å². The van der Waals surface area contributed by atoms with Gasteiger partial charge in [-0.05, 0) is 62.3 Å². The van der Waals surface area contributed by atoms with E-state index in [0.717, 1.165) is 24.3 Å². The highest BCUT2D eigenvalue weighted by Crippen LogP contribution is 2.28. The molecule has 1 heterocycles. The second-order valence-electron chi connectivity index (χ2n) is 9.03. The number of hydrogen-bond acceptors (Lipinski definition) is 7. The van der Waals surface area contributed by atoms with Crippen LogP contribution in [0.25, 0.3) is 0 Å². The molecular formula is C26H36Cl2N6O2S. The number of amides is 2. The zero-order chi connectivity index (χ0) is 26.9. The van der Waals surface area contributed by atoms with Crippen molar-refractivity contribution < 1.29 is 9.59 Å². The van der Waals surface area contributed by atoms with Gasteiger partial charge in [0.1, 0.15) is 12.1 Å². The summed E-state index contributed by atoms with van der Waals surface area (Å²) < 4.78 is 0. The molecule has 0 aliphatic carbocycles. The predicted molar refractivity (Wildman–Crippen MR) is 158 cm³/mol. The highest BCUT2D eigenvalue weighted by molar-refractivity contribution is 7.99. The van der Waals surface area contributed by atoms with Crippen LogP contribution in [0.2, 0.25) is 10.0 Å². The highest BCUT2D eigenvalue weighted by atomic mass is 35.5. The van der Waals surface area contributed by atoms with Crippen molar-refractivity contribution in [1.29, 1.82) is 0 Å². The first-order valence-corrected chi connectivity index (χ1v) is 14.4. The number of nitrogens with two attached hydrogens (primary N) is 2.